The molecule has 0 radical (unpaired) electrons. The van der Waals surface area contributed by atoms with Crippen LogP contribution >= 0.6 is 0 Å². The van der Waals surface area contributed by atoms with Crippen molar-refractivity contribution in [2.45, 2.75) is 13.3 Å². The Hall–Kier alpha value is -1.52. The molecule has 5 heteroatoms. The highest BCUT2D eigenvalue weighted by Crippen LogP contribution is 2.30. The van der Waals surface area contributed by atoms with Crippen LogP contribution in [0.2, 0.25) is 0 Å². The Kier molecular flexibility index (Phi) is 3.34. The van der Waals surface area contributed by atoms with Crippen molar-refractivity contribution in [3.05, 3.63) is 12.2 Å². The van der Waals surface area contributed by atoms with E-state index in [-0.39, 0.29) is 18.3 Å². The fourth-order valence-electron chi connectivity index (χ4n) is 2.02. The van der Waals surface area contributed by atoms with E-state index in [0.717, 1.165) is 5.57 Å². The van der Waals surface area contributed by atoms with Gasteiger partial charge in [0.15, 0.2) is 0 Å². The molecule has 1 amide bonds. The van der Waals surface area contributed by atoms with E-state index in [1.54, 1.807) is 0 Å². The molecule has 2 atom stereocenters. The highest BCUT2D eigenvalue weighted by Gasteiger charge is 2.36. The highest BCUT2D eigenvalue weighted by atomic mass is 16.4. The Morgan fingerprint density at radius 1 is 1.40 bits per heavy atom. The van der Waals surface area contributed by atoms with Crippen molar-refractivity contribution in [2.75, 3.05) is 13.1 Å². The molecule has 84 valence electrons. The third kappa shape index (κ3) is 2.71. The van der Waals surface area contributed by atoms with Crippen molar-refractivity contribution in [1.82, 2.24) is 4.90 Å². The number of nitrogens with zero attached hydrogens (tertiary/aromatic N) is 1. The molecule has 15 heavy (non-hydrogen) atoms. The van der Waals surface area contributed by atoms with Crippen LogP contribution in [-0.4, -0.2) is 40.3 Å². The Labute approximate surface area is 88.0 Å². The molecule has 0 saturated carbocycles. The van der Waals surface area contributed by atoms with Crippen molar-refractivity contribution in [2.24, 2.45) is 11.8 Å². The smallest absolute Gasteiger partial charge is 0.407 e. The van der Waals surface area contributed by atoms with Gasteiger partial charge in [0.1, 0.15) is 0 Å². The lowest BCUT2D eigenvalue weighted by molar-refractivity contribution is -0.138. The number of carbonyl (C=O) groups is 2. The van der Waals surface area contributed by atoms with Crippen LogP contribution in [0, 0.1) is 11.8 Å². The summed E-state index contributed by atoms with van der Waals surface area (Å²) in [6, 6.07) is 0. The molecule has 0 aromatic rings. The van der Waals surface area contributed by atoms with Gasteiger partial charge in [0, 0.05) is 19.0 Å². The van der Waals surface area contributed by atoms with E-state index in [4.69, 9.17) is 10.2 Å². The Morgan fingerprint density at radius 3 is 2.40 bits per heavy atom. The predicted molar refractivity (Wildman–Crippen MR) is 53.6 cm³/mol. The third-order valence-corrected chi connectivity index (χ3v) is 2.78. The van der Waals surface area contributed by atoms with Gasteiger partial charge in [-0.15, -0.1) is 0 Å². The van der Waals surface area contributed by atoms with Crippen LogP contribution in [0.1, 0.15) is 13.3 Å². The van der Waals surface area contributed by atoms with E-state index in [0.29, 0.717) is 13.1 Å². The van der Waals surface area contributed by atoms with Gasteiger partial charge in [-0.1, -0.05) is 12.2 Å². The van der Waals surface area contributed by atoms with Crippen molar-refractivity contribution >= 4 is 12.1 Å². The lowest BCUT2D eigenvalue weighted by Gasteiger charge is -2.15. The first kappa shape index (κ1) is 11.6. The van der Waals surface area contributed by atoms with Crippen LogP contribution < -0.4 is 0 Å². The molecule has 0 aromatic heterocycles. The molecule has 1 rings (SSSR count). The summed E-state index contributed by atoms with van der Waals surface area (Å²) in [5.74, 6) is -1.06. The second kappa shape index (κ2) is 4.33. The molecule has 1 heterocycles. The normalized spacial score (nSPS) is 25.3. The van der Waals surface area contributed by atoms with Gasteiger partial charge in [-0.25, -0.2) is 4.79 Å². The highest BCUT2D eigenvalue weighted by molar-refractivity contribution is 5.68. The minimum atomic E-state index is -0.992. The maximum absolute atomic E-state index is 10.7. The van der Waals surface area contributed by atoms with Crippen LogP contribution in [0.25, 0.3) is 0 Å². The summed E-state index contributed by atoms with van der Waals surface area (Å²) < 4.78 is 0. The first-order chi connectivity index (χ1) is 6.91. The van der Waals surface area contributed by atoms with Crippen molar-refractivity contribution in [1.29, 1.82) is 0 Å². The fraction of sp³-hybridized carbons (Fsp3) is 0.600. The zero-order valence-electron chi connectivity index (χ0n) is 8.64. The zero-order chi connectivity index (χ0) is 11.6. The van der Waals surface area contributed by atoms with E-state index in [1.165, 1.54) is 4.90 Å². The number of hydrogen-bond acceptors (Lipinski definition) is 2. The van der Waals surface area contributed by atoms with Gasteiger partial charge < -0.3 is 15.1 Å². The standard InChI is InChI=1S/C10H15NO4/c1-6(2)8-5-11(10(14)15)4-7(8)3-9(12)13/h7-8H,1,3-5H2,2H3,(H,12,13)(H,14,15). The topological polar surface area (TPSA) is 77.8 Å². The monoisotopic (exact) mass is 213 g/mol. The average molecular weight is 213 g/mol. The van der Waals surface area contributed by atoms with E-state index in [2.05, 4.69) is 6.58 Å². The SMILES string of the molecule is C=C(C)C1CN(C(=O)O)CC1CC(=O)O. The van der Waals surface area contributed by atoms with Gasteiger partial charge >= 0.3 is 12.1 Å². The number of hydrogen-bond donors (Lipinski definition) is 2. The largest absolute Gasteiger partial charge is 0.481 e. The molecule has 0 spiro atoms. The van der Waals surface area contributed by atoms with Gasteiger partial charge in [0.05, 0.1) is 6.42 Å². The second-order valence-corrected chi connectivity index (χ2v) is 4.00. The molecule has 0 bridgehead atoms. The van der Waals surface area contributed by atoms with Gasteiger partial charge in [0.2, 0.25) is 0 Å². The fourth-order valence-corrected chi connectivity index (χ4v) is 2.02. The zero-order valence-corrected chi connectivity index (χ0v) is 8.64. The molecule has 0 aliphatic carbocycles. The van der Waals surface area contributed by atoms with Crippen LogP contribution in [-0.2, 0) is 4.79 Å². The molecule has 2 unspecified atom stereocenters. The summed E-state index contributed by atoms with van der Waals surface area (Å²) in [5.41, 5.74) is 0.852. The number of aliphatic carboxylic acids is 1. The van der Waals surface area contributed by atoms with Gasteiger partial charge in [-0.05, 0) is 12.8 Å². The molecule has 1 aliphatic heterocycles. The number of rotatable bonds is 3. The summed E-state index contributed by atoms with van der Waals surface area (Å²) in [5, 5.41) is 17.5. The van der Waals surface area contributed by atoms with Crippen LogP contribution in [0.5, 0.6) is 0 Å². The first-order valence-corrected chi connectivity index (χ1v) is 4.77. The van der Waals surface area contributed by atoms with E-state index < -0.39 is 12.1 Å². The second-order valence-electron chi connectivity index (χ2n) is 4.00. The lowest BCUT2D eigenvalue weighted by Crippen LogP contribution is -2.27. The summed E-state index contributed by atoms with van der Waals surface area (Å²) in [4.78, 5) is 22.6. The Morgan fingerprint density at radius 2 is 2.00 bits per heavy atom. The van der Waals surface area contributed by atoms with Crippen molar-refractivity contribution in [3.8, 4) is 0 Å². The number of carboxylic acids is 1. The minimum Gasteiger partial charge on any atom is -0.481 e. The minimum absolute atomic E-state index is 0.00130. The van der Waals surface area contributed by atoms with Gasteiger partial charge in [0.25, 0.3) is 0 Å². The Balaban J connectivity index is 2.71. The first-order valence-electron chi connectivity index (χ1n) is 4.77. The van der Waals surface area contributed by atoms with E-state index in [1.807, 2.05) is 6.92 Å². The molecule has 1 saturated heterocycles. The summed E-state index contributed by atoms with van der Waals surface area (Å²) in [6.45, 7) is 6.24. The molecular weight excluding hydrogens is 198 g/mol. The van der Waals surface area contributed by atoms with Gasteiger partial charge in [-0.2, -0.15) is 0 Å². The van der Waals surface area contributed by atoms with E-state index >= 15 is 0 Å². The van der Waals surface area contributed by atoms with E-state index in [9.17, 15) is 9.59 Å². The van der Waals surface area contributed by atoms with Crippen molar-refractivity contribution < 1.29 is 19.8 Å². The number of carboxylic acid groups (broad SMARTS) is 2. The maximum Gasteiger partial charge on any atom is 0.407 e. The quantitative estimate of drug-likeness (QED) is 0.692. The predicted octanol–water partition coefficient (Wildman–Crippen LogP) is 1.26. The summed E-state index contributed by atoms with van der Waals surface area (Å²) in [7, 11) is 0. The molecule has 1 aliphatic rings. The van der Waals surface area contributed by atoms with Crippen LogP contribution in [0.3, 0.4) is 0 Å². The molecule has 0 aromatic carbocycles. The van der Waals surface area contributed by atoms with Crippen LogP contribution in [0.15, 0.2) is 12.2 Å². The van der Waals surface area contributed by atoms with Gasteiger partial charge in [-0.3, -0.25) is 4.79 Å². The maximum atomic E-state index is 10.7. The molecule has 2 N–H and O–H groups in total. The summed E-state index contributed by atoms with van der Waals surface area (Å²) >= 11 is 0. The molecule has 5 nitrogen and oxygen atoms in total. The number of likely N-dealkylation sites (tertiary alicyclic amines) is 1. The van der Waals surface area contributed by atoms with Crippen LogP contribution in [0.4, 0.5) is 4.79 Å². The molecular formula is C10H15NO4. The lowest BCUT2D eigenvalue weighted by atomic mass is 9.88. The summed E-state index contributed by atoms with van der Waals surface area (Å²) in [6.07, 6.45) is -0.990. The Bertz CT molecular complexity index is 300. The number of amides is 1. The average Bonchev–Trinajstić information content (AvgIpc) is 2.46. The molecule has 1 fully saturated rings. The third-order valence-electron chi connectivity index (χ3n) is 2.78. The van der Waals surface area contributed by atoms with Crippen molar-refractivity contribution in [3.63, 3.8) is 0 Å².